The zero-order valence-corrected chi connectivity index (χ0v) is 15.8. The molecule has 1 aliphatic heterocycles. The fourth-order valence-electron chi connectivity index (χ4n) is 3.54. The van der Waals surface area contributed by atoms with Crippen molar-refractivity contribution in [2.24, 2.45) is 0 Å². The lowest BCUT2D eigenvalue weighted by Gasteiger charge is -2.29. The maximum atomic E-state index is 11.6. The van der Waals surface area contributed by atoms with E-state index < -0.39 is 0 Å². The molecule has 0 bridgehead atoms. The molecule has 0 spiro atoms. The van der Waals surface area contributed by atoms with E-state index in [0.29, 0.717) is 24.9 Å². The Bertz CT molecular complexity index is 953. The van der Waals surface area contributed by atoms with Crippen molar-refractivity contribution in [3.8, 4) is 11.5 Å². The number of benzene rings is 1. The molecular weight excluding hydrogens is 346 g/mol. The molecule has 0 atom stereocenters. The number of piperidine rings is 1. The zero-order chi connectivity index (χ0) is 19.0. The molecule has 3 heterocycles. The second-order valence-corrected chi connectivity index (χ2v) is 7.13. The van der Waals surface area contributed by atoms with Gasteiger partial charge in [0.1, 0.15) is 0 Å². The number of carbonyl (C=O) groups is 1. The van der Waals surface area contributed by atoms with Crippen LogP contribution in [0, 0.1) is 0 Å². The van der Waals surface area contributed by atoms with Crippen molar-refractivity contribution in [2.45, 2.75) is 38.6 Å². The minimum atomic E-state index is -0.283. The van der Waals surface area contributed by atoms with Crippen molar-refractivity contribution in [1.29, 1.82) is 0 Å². The molecule has 1 aromatic carbocycles. The number of carbonyl (C=O) groups excluding carboxylic acids is 1. The molecule has 0 saturated carbocycles. The van der Waals surface area contributed by atoms with Crippen LogP contribution >= 0.6 is 0 Å². The lowest BCUT2D eigenvalue weighted by Crippen LogP contribution is -2.37. The maximum absolute atomic E-state index is 11.6. The third-order valence-electron chi connectivity index (χ3n) is 5.05. The molecule has 1 amide bonds. The molecule has 0 unspecified atom stereocenters. The second-order valence-electron chi connectivity index (χ2n) is 7.13. The predicted molar refractivity (Wildman–Crippen MR) is 99.4 cm³/mol. The Kier molecular flexibility index (Phi) is 4.55. The Morgan fingerprint density at radius 3 is 2.74 bits per heavy atom. The number of fused-ring (bicyclic) bond motifs is 1. The first-order valence-corrected chi connectivity index (χ1v) is 9.20. The summed E-state index contributed by atoms with van der Waals surface area (Å²) in [5, 5.41) is 14.0. The van der Waals surface area contributed by atoms with Gasteiger partial charge in [-0.3, -0.25) is 4.68 Å². The Morgan fingerprint density at radius 2 is 2.04 bits per heavy atom. The summed E-state index contributed by atoms with van der Waals surface area (Å²) in [6.07, 6.45) is 3.16. The molecule has 3 aromatic rings. The third-order valence-corrected chi connectivity index (χ3v) is 5.05. The summed E-state index contributed by atoms with van der Waals surface area (Å²) in [6.45, 7) is 5.47. The van der Waals surface area contributed by atoms with Gasteiger partial charge in [-0.25, -0.2) is 4.79 Å². The molecule has 4 rings (SSSR count). The second kappa shape index (κ2) is 7.02. The summed E-state index contributed by atoms with van der Waals surface area (Å²) >= 11 is 0. The van der Waals surface area contributed by atoms with E-state index in [4.69, 9.17) is 9.15 Å². The number of amides is 1. The number of hydrogen-bond donors (Lipinski definition) is 0. The number of ether oxygens (including phenoxy) is 1. The maximum Gasteiger partial charge on any atom is 0.409 e. The summed E-state index contributed by atoms with van der Waals surface area (Å²) in [5.74, 6) is 1.31. The van der Waals surface area contributed by atoms with Crippen LogP contribution in [0.1, 0.15) is 44.5 Å². The first-order valence-electron chi connectivity index (χ1n) is 9.20. The molecule has 1 aliphatic rings. The number of methoxy groups -OCH3 is 1. The lowest BCUT2D eigenvalue weighted by molar-refractivity contribution is 0.110. The highest BCUT2D eigenvalue weighted by Crippen LogP contribution is 2.30. The summed E-state index contributed by atoms with van der Waals surface area (Å²) in [7, 11) is 1.40. The monoisotopic (exact) mass is 369 g/mol. The van der Waals surface area contributed by atoms with Crippen molar-refractivity contribution in [2.75, 3.05) is 20.2 Å². The van der Waals surface area contributed by atoms with E-state index in [0.717, 1.165) is 29.3 Å². The smallest absolute Gasteiger partial charge is 0.409 e. The summed E-state index contributed by atoms with van der Waals surface area (Å²) in [6, 6.07) is 6.32. The van der Waals surface area contributed by atoms with E-state index in [2.05, 4.69) is 29.1 Å². The van der Waals surface area contributed by atoms with Crippen LogP contribution in [0.5, 0.6) is 0 Å². The van der Waals surface area contributed by atoms with Gasteiger partial charge in [0.25, 0.3) is 0 Å². The number of rotatable bonds is 3. The standard InChI is InChI=1S/C19H23N5O3/c1-12(2)24-16-10-14(4-5-15(16)11-20-24)18-22-21-17(27-18)13-6-8-23(9-7-13)19(25)26-3/h4-5,10-13H,6-9H2,1-3H3. The number of aromatic nitrogens is 4. The third kappa shape index (κ3) is 3.27. The Labute approximate surface area is 157 Å². The van der Waals surface area contributed by atoms with Crippen molar-refractivity contribution < 1.29 is 13.9 Å². The van der Waals surface area contributed by atoms with E-state index in [1.807, 2.05) is 29.1 Å². The topological polar surface area (TPSA) is 86.3 Å². The highest BCUT2D eigenvalue weighted by Gasteiger charge is 2.28. The number of likely N-dealkylation sites (tertiary alicyclic amines) is 1. The first kappa shape index (κ1) is 17.5. The van der Waals surface area contributed by atoms with Crippen LogP contribution in [-0.4, -0.2) is 51.2 Å². The Morgan fingerprint density at radius 1 is 1.26 bits per heavy atom. The molecule has 27 heavy (non-hydrogen) atoms. The van der Waals surface area contributed by atoms with Crippen LogP contribution in [-0.2, 0) is 4.74 Å². The van der Waals surface area contributed by atoms with Gasteiger partial charge in [-0.2, -0.15) is 5.10 Å². The SMILES string of the molecule is COC(=O)N1CCC(c2nnc(-c3ccc4cnn(C(C)C)c4c3)o2)CC1. The van der Waals surface area contributed by atoms with Gasteiger partial charge in [-0.1, -0.05) is 6.07 Å². The highest BCUT2D eigenvalue weighted by molar-refractivity contribution is 5.83. The molecule has 8 heteroatoms. The van der Waals surface area contributed by atoms with Crippen LogP contribution in [0.3, 0.4) is 0 Å². The largest absolute Gasteiger partial charge is 0.453 e. The van der Waals surface area contributed by atoms with Crippen molar-refractivity contribution in [3.63, 3.8) is 0 Å². The minimum absolute atomic E-state index is 0.164. The first-order chi connectivity index (χ1) is 13.1. The van der Waals surface area contributed by atoms with Crippen LogP contribution < -0.4 is 0 Å². The molecule has 2 aromatic heterocycles. The molecule has 1 saturated heterocycles. The van der Waals surface area contributed by atoms with Gasteiger partial charge >= 0.3 is 6.09 Å². The highest BCUT2D eigenvalue weighted by atomic mass is 16.5. The van der Waals surface area contributed by atoms with Crippen LogP contribution in [0.4, 0.5) is 4.79 Å². The molecule has 1 fully saturated rings. The van der Waals surface area contributed by atoms with Gasteiger partial charge in [-0.15, -0.1) is 10.2 Å². The molecule has 0 N–H and O–H groups in total. The van der Waals surface area contributed by atoms with Gasteiger partial charge in [0.05, 0.1) is 18.8 Å². The van der Waals surface area contributed by atoms with Gasteiger partial charge in [0.15, 0.2) is 0 Å². The average Bonchev–Trinajstić information content (AvgIpc) is 3.34. The van der Waals surface area contributed by atoms with Gasteiger partial charge in [-0.05, 0) is 38.8 Å². The predicted octanol–water partition coefficient (Wildman–Crippen LogP) is 3.61. The van der Waals surface area contributed by atoms with Gasteiger partial charge in [0.2, 0.25) is 11.8 Å². The van der Waals surface area contributed by atoms with Crippen molar-refractivity contribution >= 4 is 17.0 Å². The number of nitrogens with zero attached hydrogens (tertiary/aromatic N) is 5. The molecule has 8 nitrogen and oxygen atoms in total. The fraction of sp³-hybridized carbons (Fsp3) is 0.474. The Balaban J connectivity index is 1.54. The van der Waals surface area contributed by atoms with E-state index in [1.54, 1.807) is 4.90 Å². The fourth-order valence-corrected chi connectivity index (χ4v) is 3.54. The lowest BCUT2D eigenvalue weighted by atomic mass is 9.97. The van der Waals surface area contributed by atoms with E-state index in [1.165, 1.54) is 7.11 Å². The zero-order valence-electron chi connectivity index (χ0n) is 15.8. The van der Waals surface area contributed by atoms with Gasteiger partial charge in [0, 0.05) is 36.0 Å². The van der Waals surface area contributed by atoms with Gasteiger partial charge < -0.3 is 14.1 Å². The van der Waals surface area contributed by atoms with Crippen LogP contribution in [0.15, 0.2) is 28.8 Å². The molecule has 0 aliphatic carbocycles. The van der Waals surface area contributed by atoms with Crippen molar-refractivity contribution in [3.05, 3.63) is 30.3 Å². The minimum Gasteiger partial charge on any atom is -0.453 e. The van der Waals surface area contributed by atoms with Crippen LogP contribution in [0.2, 0.25) is 0 Å². The Hall–Kier alpha value is -2.90. The molecule has 142 valence electrons. The summed E-state index contributed by atoms with van der Waals surface area (Å²) < 4.78 is 12.7. The molecule has 0 radical (unpaired) electrons. The molecular formula is C19H23N5O3. The summed E-state index contributed by atoms with van der Waals surface area (Å²) in [5.41, 5.74) is 1.93. The summed E-state index contributed by atoms with van der Waals surface area (Å²) in [4.78, 5) is 13.3. The van der Waals surface area contributed by atoms with E-state index in [9.17, 15) is 4.79 Å². The van der Waals surface area contributed by atoms with E-state index >= 15 is 0 Å². The normalized spacial score (nSPS) is 15.6. The number of hydrogen-bond acceptors (Lipinski definition) is 6. The average molecular weight is 369 g/mol. The van der Waals surface area contributed by atoms with Crippen LogP contribution in [0.25, 0.3) is 22.4 Å². The van der Waals surface area contributed by atoms with E-state index in [-0.39, 0.29) is 18.1 Å². The quantitative estimate of drug-likeness (QED) is 0.701. The van der Waals surface area contributed by atoms with Crippen molar-refractivity contribution in [1.82, 2.24) is 24.9 Å².